The van der Waals surface area contributed by atoms with Crippen molar-refractivity contribution in [2.24, 2.45) is 0 Å². The third-order valence-electron chi connectivity index (χ3n) is 3.24. The Balaban J connectivity index is 2.29. The Kier molecular flexibility index (Phi) is 4.84. The van der Waals surface area contributed by atoms with Gasteiger partial charge in [-0.1, -0.05) is 35.9 Å². The van der Waals surface area contributed by atoms with Crippen molar-refractivity contribution in [3.05, 3.63) is 59.2 Å². The van der Waals surface area contributed by atoms with Crippen LogP contribution in [0.25, 0.3) is 6.08 Å². The molecular weight excluding hydrogens is 280 g/mol. The first-order valence-corrected chi connectivity index (χ1v) is 6.79. The molecule has 0 spiro atoms. The number of benzene rings is 2. The maximum Gasteiger partial charge on any atom is 0.189 e. The van der Waals surface area contributed by atoms with Crippen LogP contribution in [0.1, 0.15) is 21.5 Å². The smallest absolute Gasteiger partial charge is 0.189 e. The summed E-state index contributed by atoms with van der Waals surface area (Å²) in [4.78, 5) is 12.2. The van der Waals surface area contributed by atoms with E-state index in [1.165, 1.54) is 32.4 Å². The summed E-state index contributed by atoms with van der Waals surface area (Å²) in [6.45, 7) is 1.99. The highest BCUT2D eigenvalue weighted by molar-refractivity contribution is 6.09. The number of hydrogen-bond acceptors (Lipinski definition) is 4. The number of carbonyl (C=O) groups is 1. The molecule has 22 heavy (non-hydrogen) atoms. The van der Waals surface area contributed by atoms with Gasteiger partial charge in [0.1, 0.15) is 5.75 Å². The van der Waals surface area contributed by atoms with Crippen LogP contribution in [0.3, 0.4) is 0 Å². The molecule has 0 amide bonds. The van der Waals surface area contributed by atoms with E-state index in [0.717, 1.165) is 11.1 Å². The summed E-state index contributed by atoms with van der Waals surface area (Å²) in [6, 6.07) is 10.6. The van der Waals surface area contributed by atoms with Crippen molar-refractivity contribution in [2.75, 3.05) is 14.2 Å². The fourth-order valence-corrected chi connectivity index (χ4v) is 2.10. The first kappa shape index (κ1) is 15.6. The van der Waals surface area contributed by atoms with E-state index in [1.54, 1.807) is 6.08 Å². The summed E-state index contributed by atoms with van der Waals surface area (Å²) in [6.07, 6.45) is 3.14. The number of hydrogen-bond donors (Lipinski definition) is 1. The summed E-state index contributed by atoms with van der Waals surface area (Å²) >= 11 is 0. The monoisotopic (exact) mass is 298 g/mol. The zero-order valence-electron chi connectivity index (χ0n) is 12.8. The van der Waals surface area contributed by atoms with Gasteiger partial charge in [-0.2, -0.15) is 0 Å². The van der Waals surface area contributed by atoms with Crippen LogP contribution in [-0.2, 0) is 0 Å². The Hall–Kier alpha value is -2.75. The summed E-state index contributed by atoms with van der Waals surface area (Å²) in [5.41, 5.74) is 2.21. The van der Waals surface area contributed by atoms with Gasteiger partial charge in [0.25, 0.3) is 0 Å². The van der Waals surface area contributed by atoms with Crippen molar-refractivity contribution in [1.82, 2.24) is 0 Å². The second kappa shape index (κ2) is 6.80. The maximum atomic E-state index is 12.2. The molecule has 114 valence electrons. The van der Waals surface area contributed by atoms with E-state index < -0.39 is 0 Å². The van der Waals surface area contributed by atoms with Crippen molar-refractivity contribution >= 4 is 11.9 Å². The molecule has 2 aromatic carbocycles. The number of aryl methyl sites for hydroxylation is 1. The van der Waals surface area contributed by atoms with Gasteiger partial charge in [0.2, 0.25) is 0 Å². The van der Waals surface area contributed by atoms with E-state index in [9.17, 15) is 9.90 Å². The maximum absolute atomic E-state index is 12.2. The molecule has 0 saturated carbocycles. The summed E-state index contributed by atoms with van der Waals surface area (Å²) in [5, 5.41) is 9.96. The molecule has 2 aromatic rings. The Morgan fingerprint density at radius 3 is 2.41 bits per heavy atom. The number of ether oxygens (including phenoxy) is 2. The normalized spacial score (nSPS) is 10.7. The molecule has 0 saturated heterocycles. The second-order valence-corrected chi connectivity index (χ2v) is 4.84. The van der Waals surface area contributed by atoms with Crippen LogP contribution < -0.4 is 9.47 Å². The van der Waals surface area contributed by atoms with Crippen molar-refractivity contribution in [2.45, 2.75) is 6.92 Å². The topological polar surface area (TPSA) is 55.8 Å². The zero-order valence-corrected chi connectivity index (χ0v) is 12.8. The Morgan fingerprint density at radius 2 is 1.77 bits per heavy atom. The molecule has 4 heteroatoms. The molecule has 0 aromatic heterocycles. The van der Waals surface area contributed by atoms with Gasteiger partial charge in [0.15, 0.2) is 17.3 Å². The van der Waals surface area contributed by atoms with Crippen LogP contribution in [0.4, 0.5) is 0 Å². The molecule has 0 atom stereocenters. The number of phenols is 1. The lowest BCUT2D eigenvalue weighted by Gasteiger charge is -2.10. The number of aromatic hydroxyl groups is 1. The van der Waals surface area contributed by atoms with Crippen molar-refractivity contribution < 1.29 is 19.4 Å². The molecule has 4 nitrogen and oxygen atoms in total. The van der Waals surface area contributed by atoms with Crippen molar-refractivity contribution in [1.29, 1.82) is 0 Å². The van der Waals surface area contributed by atoms with Gasteiger partial charge in [-0.05, 0) is 24.6 Å². The average Bonchev–Trinajstić information content (AvgIpc) is 2.52. The molecule has 1 N–H and O–H groups in total. The van der Waals surface area contributed by atoms with Crippen LogP contribution in [0.5, 0.6) is 17.2 Å². The average molecular weight is 298 g/mol. The molecule has 0 aliphatic carbocycles. The zero-order chi connectivity index (χ0) is 16.1. The first-order valence-electron chi connectivity index (χ1n) is 6.79. The van der Waals surface area contributed by atoms with Gasteiger partial charge in [-0.25, -0.2) is 0 Å². The minimum absolute atomic E-state index is 0.142. The lowest BCUT2D eigenvalue weighted by molar-refractivity contribution is 0.104. The molecule has 0 bridgehead atoms. The third kappa shape index (κ3) is 3.47. The quantitative estimate of drug-likeness (QED) is 0.676. The lowest BCUT2D eigenvalue weighted by atomic mass is 10.1. The van der Waals surface area contributed by atoms with Gasteiger partial charge in [-0.3, -0.25) is 4.79 Å². The number of rotatable bonds is 5. The number of methoxy groups -OCH3 is 2. The van der Waals surface area contributed by atoms with E-state index in [2.05, 4.69) is 0 Å². The third-order valence-corrected chi connectivity index (χ3v) is 3.24. The van der Waals surface area contributed by atoms with Crippen LogP contribution >= 0.6 is 0 Å². The van der Waals surface area contributed by atoms with E-state index in [4.69, 9.17) is 9.47 Å². The second-order valence-electron chi connectivity index (χ2n) is 4.84. The van der Waals surface area contributed by atoms with Crippen molar-refractivity contribution in [3.63, 3.8) is 0 Å². The number of carbonyl (C=O) groups excluding carboxylic acids is 1. The largest absolute Gasteiger partial charge is 0.507 e. The van der Waals surface area contributed by atoms with E-state index in [-0.39, 0.29) is 17.1 Å². The highest BCUT2D eigenvalue weighted by Gasteiger charge is 2.14. The van der Waals surface area contributed by atoms with E-state index in [0.29, 0.717) is 11.5 Å². The molecule has 0 heterocycles. The molecule has 0 fully saturated rings. The Labute approximate surface area is 129 Å². The SMILES string of the molecule is COc1cc(O)c(C(=O)/C=C/c2cccc(C)c2)cc1OC. The van der Waals surface area contributed by atoms with Gasteiger partial charge in [0, 0.05) is 6.07 Å². The minimum atomic E-state index is -0.306. The highest BCUT2D eigenvalue weighted by atomic mass is 16.5. The minimum Gasteiger partial charge on any atom is -0.507 e. The van der Waals surface area contributed by atoms with Gasteiger partial charge >= 0.3 is 0 Å². The first-order chi connectivity index (χ1) is 10.5. The molecule has 0 radical (unpaired) electrons. The molecule has 0 unspecified atom stereocenters. The number of ketones is 1. The van der Waals surface area contributed by atoms with Crippen LogP contribution in [0.15, 0.2) is 42.5 Å². The summed E-state index contributed by atoms with van der Waals surface area (Å²) < 4.78 is 10.2. The standard InChI is InChI=1S/C18H18O4/c1-12-5-4-6-13(9-12)7-8-15(19)14-10-17(21-2)18(22-3)11-16(14)20/h4-11,20H,1-3H3/b8-7+. The number of allylic oxidation sites excluding steroid dienone is 1. The highest BCUT2D eigenvalue weighted by Crippen LogP contribution is 2.34. The van der Waals surface area contributed by atoms with Crippen LogP contribution in [0, 0.1) is 6.92 Å². The van der Waals surface area contributed by atoms with Crippen LogP contribution in [-0.4, -0.2) is 25.1 Å². The fourth-order valence-electron chi connectivity index (χ4n) is 2.10. The van der Waals surface area contributed by atoms with Gasteiger partial charge < -0.3 is 14.6 Å². The van der Waals surface area contributed by atoms with E-state index >= 15 is 0 Å². The van der Waals surface area contributed by atoms with E-state index in [1.807, 2.05) is 31.2 Å². The predicted octanol–water partition coefficient (Wildman–Crippen LogP) is 3.61. The molecule has 2 rings (SSSR count). The predicted molar refractivity (Wildman–Crippen MR) is 85.8 cm³/mol. The van der Waals surface area contributed by atoms with Crippen LogP contribution in [0.2, 0.25) is 0 Å². The number of phenolic OH excluding ortho intramolecular Hbond substituents is 1. The van der Waals surface area contributed by atoms with Gasteiger partial charge in [0.05, 0.1) is 19.8 Å². The molecule has 0 aliphatic rings. The summed E-state index contributed by atoms with van der Waals surface area (Å²) in [5.74, 6) is 0.323. The van der Waals surface area contributed by atoms with Gasteiger partial charge in [-0.15, -0.1) is 0 Å². The fraction of sp³-hybridized carbons (Fsp3) is 0.167. The molecular formula is C18H18O4. The van der Waals surface area contributed by atoms with Crippen molar-refractivity contribution in [3.8, 4) is 17.2 Å². The lowest BCUT2D eigenvalue weighted by Crippen LogP contribution is -1.98. The Morgan fingerprint density at radius 1 is 1.09 bits per heavy atom. The molecule has 0 aliphatic heterocycles. The summed E-state index contributed by atoms with van der Waals surface area (Å²) in [7, 11) is 2.95. The Bertz CT molecular complexity index is 717.